The Bertz CT molecular complexity index is 960. The summed E-state index contributed by atoms with van der Waals surface area (Å²) in [6.07, 6.45) is -0.312. The highest BCUT2D eigenvalue weighted by molar-refractivity contribution is 5.87. The molecule has 2 atom stereocenters. The molecule has 0 amide bonds. The summed E-state index contributed by atoms with van der Waals surface area (Å²) in [5, 5.41) is 2.53. The Morgan fingerprint density at radius 3 is 2.43 bits per heavy atom. The first kappa shape index (κ1) is 18.9. The molecule has 4 heteroatoms. The molecule has 1 aliphatic carbocycles. The number of hydrogen-bond donors (Lipinski definition) is 0. The normalized spacial score (nSPS) is 19.4. The molecule has 3 aromatic rings. The van der Waals surface area contributed by atoms with Gasteiger partial charge in [-0.3, -0.25) is 0 Å². The zero-order valence-electron chi connectivity index (χ0n) is 15.8. The molecule has 1 aliphatic rings. The molecule has 0 aliphatic heterocycles. The SMILES string of the molecule is CCCC1CCc2c(ccc3ccccc23)C1c1ccc(OC(F)(F)F)cc1. The Balaban J connectivity index is 1.76. The van der Waals surface area contributed by atoms with Crippen LogP contribution in [0.15, 0.2) is 60.7 Å². The van der Waals surface area contributed by atoms with E-state index in [4.69, 9.17) is 0 Å². The molecule has 0 saturated carbocycles. The first-order valence-electron chi connectivity index (χ1n) is 9.82. The van der Waals surface area contributed by atoms with E-state index in [1.807, 2.05) is 6.07 Å². The van der Waals surface area contributed by atoms with E-state index in [0.717, 1.165) is 31.2 Å². The number of alkyl halides is 3. The second-order valence-corrected chi connectivity index (χ2v) is 7.54. The topological polar surface area (TPSA) is 9.23 Å². The number of aryl methyl sites for hydroxylation is 1. The summed E-state index contributed by atoms with van der Waals surface area (Å²) in [6.45, 7) is 2.19. The van der Waals surface area contributed by atoms with E-state index < -0.39 is 6.36 Å². The van der Waals surface area contributed by atoms with E-state index in [-0.39, 0.29) is 11.7 Å². The molecule has 0 heterocycles. The van der Waals surface area contributed by atoms with E-state index in [1.54, 1.807) is 12.1 Å². The van der Waals surface area contributed by atoms with Crippen molar-refractivity contribution in [3.8, 4) is 5.75 Å². The second-order valence-electron chi connectivity index (χ2n) is 7.54. The number of hydrogen-bond acceptors (Lipinski definition) is 1. The largest absolute Gasteiger partial charge is 0.573 e. The minimum atomic E-state index is -4.66. The van der Waals surface area contributed by atoms with Crippen molar-refractivity contribution >= 4 is 10.8 Å². The maximum Gasteiger partial charge on any atom is 0.573 e. The van der Waals surface area contributed by atoms with E-state index in [0.29, 0.717) is 5.92 Å². The van der Waals surface area contributed by atoms with Gasteiger partial charge in [0.05, 0.1) is 0 Å². The fraction of sp³-hybridized carbons (Fsp3) is 0.333. The minimum Gasteiger partial charge on any atom is -0.406 e. The minimum absolute atomic E-state index is 0.169. The van der Waals surface area contributed by atoms with Crippen LogP contribution in [0.5, 0.6) is 5.75 Å². The highest BCUT2D eigenvalue weighted by atomic mass is 19.4. The lowest BCUT2D eigenvalue weighted by atomic mass is 9.69. The molecule has 0 aromatic heterocycles. The van der Waals surface area contributed by atoms with Crippen molar-refractivity contribution in [2.24, 2.45) is 5.92 Å². The van der Waals surface area contributed by atoms with Crippen LogP contribution in [0, 0.1) is 5.92 Å². The van der Waals surface area contributed by atoms with Crippen LogP contribution in [-0.4, -0.2) is 6.36 Å². The summed E-state index contributed by atoms with van der Waals surface area (Å²) < 4.78 is 41.5. The highest BCUT2D eigenvalue weighted by Crippen LogP contribution is 2.45. The summed E-state index contributed by atoms with van der Waals surface area (Å²) in [4.78, 5) is 0. The van der Waals surface area contributed by atoms with Crippen LogP contribution in [0.2, 0.25) is 0 Å². The molecule has 0 N–H and O–H groups in total. The average Bonchev–Trinajstić information content (AvgIpc) is 2.67. The van der Waals surface area contributed by atoms with Gasteiger partial charge in [0.25, 0.3) is 0 Å². The monoisotopic (exact) mass is 384 g/mol. The van der Waals surface area contributed by atoms with Gasteiger partial charge >= 0.3 is 6.36 Å². The molecular weight excluding hydrogens is 361 g/mol. The summed E-state index contributed by atoms with van der Waals surface area (Å²) in [7, 11) is 0. The molecule has 1 nitrogen and oxygen atoms in total. The van der Waals surface area contributed by atoms with Crippen LogP contribution >= 0.6 is 0 Å². The molecule has 2 unspecified atom stereocenters. The van der Waals surface area contributed by atoms with Crippen molar-refractivity contribution in [1.82, 2.24) is 0 Å². The van der Waals surface area contributed by atoms with Gasteiger partial charge in [-0.1, -0.05) is 61.9 Å². The van der Waals surface area contributed by atoms with Crippen LogP contribution < -0.4 is 4.74 Å². The van der Waals surface area contributed by atoms with Crippen molar-refractivity contribution in [1.29, 1.82) is 0 Å². The quantitative estimate of drug-likeness (QED) is 0.461. The molecule has 0 radical (unpaired) electrons. The Hall–Kier alpha value is -2.49. The molecule has 0 fully saturated rings. The Morgan fingerprint density at radius 1 is 0.964 bits per heavy atom. The molecule has 4 rings (SSSR count). The van der Waals surface area contributed by atoms with Gasteiger partial charge in [0.15, 0.2) is 0 Å². The van der Waals surface area contributed by atoms with Gasteiger partial charge in [-0.25, -0.2) is 0 Å². The summed E-state index contributed by atoms with van der Waals surface area (Å²) in [5.41, 5.74) is 3.75. The number of rotatable bonds is 4. The lowest BCUT2D eigenvalue weighted by Gasteiger charge is -2.35. The molecule has 3 aromatic carbocycles. The summed E-state index contributed by atoms with van der Waals surface area (Å²) in [5.74, 6) is 0.527. The van der Waals surface area contributed by atoms with Gasteiger partial charge in [-0.2, -0.15) is 0 Å². The smallest absolute Gasteiger partial charge is 0.406 e. The Labute approximate surface area is 163 Å². The van der Waals surface area contributed by atoms with E-state index in [2.05, 4.69) is 42.0 Å². The van der Waals surface area contributed by atoms with Gasteiger partial charge in [0.2, 0.25) is 0 Å². The van der Waals surface area contributed by atoms with E-state index in [1.165, 1.54) is 34.0 Å². The van der Waals surface area contributed by atoms with Gasteiger partial charge < -0.3 is 4.74 Å². The van der Waals surface area contributed by atoms with Crippen LogP contribution in [-0.2, 0) is 6.42 Å². The second kappa shape index (κ2) is 7.50. The molecule has 146 valence electrons. The first-order chi connectivity index (χ1) is 13.5. The van der Waals surface area contributed by atoms with Crippen molar-refractivity contribution in [3.05, 3.63) is 77.4 Å². The number of fused-ring (bicyclic) bond motifs is 3. The number of ether oxygens (including phenoxy) is 1. The van der Waals surface area contributed by atoms with Crippen LogP contribution in [0.4, 0.5) is 13.2 Å². The van der Waals surface area contributed by atoms with Gasteiger partial charge in [0, 0.05) is 5.92 Å². The molecule has 0 saturated heterocycles. The summed E-state index contributed by atoms with van der Waals surface area (Å²) >= 11 is 0. The van der Waals surface area contributed by atoms with Crippen molar-refractivity contribution in [2.75, 3.05) is 0 Å². The zero-order valence-corrected chi connectivity index (χ0v) is 15.8. The fourth-order valence-corrected chi connectivity index (χ4v) is 4.68. The van der Waals surface area contributed by atoms with Crippen LogP contribution in [0.1, 0.15) is 48.8 Å². The predicted molar refractivity (Wildman–Crippen MR) is 106 cm³/mol. The lowest BCUT2D eigenvalue weighted by molar-refractivity contribution is -0.274. The fourth-order valence-electron chi connectivity index (χ4n) is 4.68. The predicted octanol–water partition coefficient (Wildman–Crippen LogP) is 7.23. The number of benzene rings is 3. The zero-order chi connectivity index (χ0) is 19.7. The van der Waals surface area contributed by atoms with Crippen molar-refractivity contribution in [2.45, 2.75) is 44.9 Å². The third kappa shape index (κ3) is 3.73. The Morgan fingerprint density at radius 2 is 1.71 bits per heavy atom. The van der Waals surface area contributed by atoms with Gasteiger partial charge in [-0.15, -0.1) is 13.2 Å². The first-order valence-corrected chi connectivity index (χ1v) is 9.82. The molecular formula is C24H23F3O. The van der Waals surface area contributed by atoms with Gasteiger partial charge in [-0.05, 0) is 64.8 Å². The van der Waals surface area contributed by atoms with Crippen molar-refractivity contribution in [3.63, 3.8) is 0 Å². The van der Waals surface area contributed by atoms with Crippen LogP contribution in [0.25, 0.3) is 10.8 Å². The molecule has 0 bridgehead atoms. The molecule has 0 spiro atoms. The van der Waals surface area contributed by atoms with Gasteiger partial charge in [0.1, 0.15) is 5.75 Å². The standard InChI is InChI=1S/C24H23F3O/c1-2-5-17-11-14-21-20-7-4-3-6-16(20)10-15-22(21)23(17)18-8-12-19(13-9-18)28-24(25,26)27/h3-4,6-10,12-13,15,17,23H,2,5,11,14H2,1H3. The van der Waals surface area contributed by atoms with Crippen molar-refractivity contribution < 1.29 is 17.9 Å². The van der Waals surface area contributed by atoms with E-state index >= 15 is 0 Å². The van der Waals surface area contributed by atoms with E-state index in [9.17, 15) is 13.2 Å². The van der Waals surface area contributed by atoms with Crippen LogP contribution in [0.3, 0.4) is 0 Å². The number of halogens is 3. The Kier molecular flexibility index (Phi) is 5.05. The maximum absolute atomic E-state index is 12.5. The summed E-state index contributed by atoms with van der Waals surface area (Å²) in [6, 6.07) is 19.2. The highest BCUT2D eigenvalue weighted by Gasteiger charge is 2.33. The molecule has 28 heavy (non-hydrogen) atoms. The average molecular weight is 384 g/mol. The third-order valence-corrected chi connectivity index (χ3v) is 5.78. The lowest BCUT2D eigenvalue weighted by Crippen LogP contribution is -2.22. The third-order valence-electron chi connectivity index (χ3n) is 5.78. The maximum atomic E-state index is 12.5.